The zero-order chi connectivity index (χ0) is 21.0. The molecule has 6 nitrogen and oxygen atoms in total. The fourth-order valence-corrected chi connectivity index (χ4v) is 4.82. The zero-order valence-corrected chi connectivity index (χ0v) is 18.7. The highest BCUT2D eigenvalue weighted by molar-refractivity contribution is 8.00. The second kappa shape index (κ2) is 9.56. The highest BCUT2D eigenvalue weighted by atomic mass is 35.5. The molecule has 3 aromatic rings. The lowest BCUT2D eigenvalue weighted by Gasteiger charge is -2.12. The summed E-state index contributed by atoms with van der Waals surface area (Å²) in [6.45, 7) is 6.62. The van der Waals surface area contributed by atoms with Gasteiger partial charge in [0, 0.05) is 21.8 Å². The van der Waals surface area contributed by atoms with Crippen LogP contribution in [0.5, 0.6) is 0 Å². The molecule has 2 heterocycles. The lowest BCUT2D eigenvalue weighted by Crippen LogP contribution is -2.26. The van der Waals surface area contributed by atoms with Crippen molar-refractivity contribution >= 4 is 62.4 Å². The average molecular weight is 449 g/mol. The van der Waals surface area contributed by atoms with Crippen molar-refractivity contribution in [3.8, 4) is 0 Å². The molecule has 0 saturated heterocycles. The molecule has 0 saturated carbocycles. The summed E-state index contributed by atoms with van der Waals surface area (Å²) in [5.74, 6) is -0.324. The minimum atomic E-state index is -0.242. The second-order valence-corrected chi connectivity index (χ2v) is 9.03. The van der Waals surface area contributed by atoms with Gasteiger partial charge >= 0.3 is 0 Å². The Labute approximate surface area is 182 Å². The van der Waals surface area contributed by atoms with Crippen molar-refractivity contribution in [3.05, 3.63) is 45.6 Å². The third-order valence-electron chi connectivity index (χ3n) is 4.31. The van der Waals surface area contributed by atoms with Crippen molar-refractivity contribution in [2.45, 2.75) is 32.2 Å². The molecule has 0 aliphatic heterocycles. The summed E-state index contributed by atoms with van der Waals surface area (Å²) < 4.78 is 0. The quantitative estimate of drug-likeness (QED) is 0.399. The van der Waals surface area contributed by atoms with Gasteiger partial charge in [-0.25, -0.2) is 9.97 Å². The van der Waals surface area contributed by atoms with Gasteiger partial charge in [-0.15, -0.1) is 11.3 Å². The number of nitrogens with one attached hydrogen (secondary N) is 2. The smallest absolute Gasteiger partial charge is 0.253 e. The lowest BCUT2D eigenvalue weighted by molar-refractivity contribution is -0.113. The molecular formula is C20H21ClN4O2S2. The van der Waals surface area contributed by atoms with E-state index < -0.39 is 0 Å². The number of carbonyl (C=O) groups excluding carboxylic acids is 2. The summed E-state index contributed by atoms with van der Waals surface area (Å²) in [6, 6.07) is 4.83. The van der Waals surface area contributed by atoms with E-state index in [1.807, 2.05) is 20.8 Å². The minimum Gasteiger partial charge on any atom is -0.352 e. The third-order valence-corrected chi connectivity index (χ3v) is 6.65. The molecule has 2 aromatic heterocycles. The SMILES string of the molecule is CCCNC(=O)c1ccc(Cl)cc1NC(=O)CSc1ncnc2sc(C)c(C)c12. The van der Waals surface area contributed by atoms with Crippen molar-refractivity contribution in [1.82, 2.24) is 15.3 Å². The summed E-state index contributed by atoms with van der Waals surface area (Å²) in [4.78, 5) is 35.7. The molecule has 2 amide bonds. The molecule has 2 N–H and O–H groups in total. The first-order chi connectivity index (χ1) is 13.9. The number of hydrogen-bond donors (Lipinski definition) is 2. The number of halogens is 1. The molecule has 0 atom stereocenters. The Morgan fingerprint density at radius 3 is 2.79 bits per heavy atom. The van der Waals surface area contributed by atoms with Crippen LogP contribution in [0.3, 0.4) is 0 Å². The Bertz CT molecular complexity index is 1070. The van der Waals surface area contributed by atoms with Gasteiger partial charge in [-0.1, -0.05) is 30.3 Å². The molecule has 0 bridgehead atoms. The number of thiophene rings is 1. The molecule has 1 aromatic carbocycles. The first-order valence-corrected chi connectivity index (χ1v) is 11.3. The van der Waals surface area contributed by atoms with Crippen LogP contribution in [0.2, 0.25) is 5.02 Å². The normalized spacial score (nSPS) is 10.9. The van der Waals surface area contributed by atoms with E-state index in [1.54, 1.807) is 29.5 Å². The molecule has 29 heavy (non-hydrogen) atoms. The number of nitrogens with zero attached hydrogens (tertiary/aromatic N) is 2. The summed E-state index contributed by atoms with van der Waals surface area (Å²) in [5.41, 5.74) is 1.92. The predicted molar refractivity (Wildman–Crippen MR) is 120 cm³/mol. The van der Waals surface area contributed by atoms with Crippen LogP contribution in [-0.4, -0.2) is 34.1 Å². The van der Waals surface area contributed by atoms with E-state index in [0.717, 1.165) is 27.2 Å². The standard InChI is InChI=1S/C20H21ClN4O2S2/c1-4-7-22-18(27)14-6-5-13(21)8-15(14)25-16(26)9-28-19-17-11(2)12(3)29-20(17)24-10-23-19/h5-6,8,10H,4,7,9H2,1-3H3,(H,22,27)(H,25,26). The molecule has 3 rings (SSSR count). The third kappa shape index (κ3) is 5.07. The van der Waals surface area contributed by atoms with Gasteiger partial charge in [0.1, 0.15) is 16.2 Å². The molecule has 0 spiro atoms. The largest absolute Gasteiger partial charge is 0.352 e. The Morgan fingerprint density at radius 1 is 1.24 bits per heavy atom. The zero-order valence-electron chi connectivity index (χ0n) is 16.3. The summed E-state index contributed by atoms with van der Waals surface area (Å²) >= 11 is 9.03. The Balaban J connectivity index is 1.73. The fraction of sp³-hybridized carbons (Fsp3) is 0.300. The van der Waals surface area contributed by atoms with Gasteiger partial charge in [0.05, 0.1) is 17.0 Å². The second-order valence-electron chi connectivity index (χ2n) is 6.42. The van der Waals surface area contributed by atoms with Crippen LogP contribution in [0.15, 0.2) is 29.6 Å². The molecule has 0 radical (unpaired) electrons. The maximum absolute atomic E-state index is 12.6. The van der Waals surface area contributed by atoms with Crippen LogP contribution in [0.25, 0.3) is 10.2 Å². The van der Waals surface area contributed by atoms with E-state index in [-0.39, 0.29) is 17.6 Å². The minimum absolute atomic E-state index is 0.156. The number of rotatable bonds is 7. The van der Waals surface area contributed by atoms with E-state index >= 15 is 0 Å². The Hall–Kier alpha value is -2.16. The number of aryl methyl sites for hydroxylation is 2. The first kappa shape index (κ1) is 21.5. The molecule has 152 valence electrons. The van der Waals surface area contributed by atoms with Crippen molar-refractivity contribution in [3.63, 3.8) is 0 Å². The van der Waals surface area contributed by atoms with E-state index in [4.69, 9.17) is 11.6 Å². The number of carbonyl (C=O) groups is 2. The number of benzene rings is 1. The van der Waals surface area contributed by atoms with Gasteiger partial charge in [-0.05, 0) is 44.0 Å². The number of anilines is 1. The monoisotopic (exact) mass is 448 g/mol. The van der Waals surface area contributed by atoms with Crippen molar-refractivity contribution in [2.24, 2.45) is 0 Å². The molecular weight excluding hydrogens is 428 g/mol. The first-order valence-electron chi connectivity index (χ1n) is 9.11. The molecule has 0 aliphatic rings. The van der Waals surface area contributed by atoms with Crippen LogP contribution in [0.4, 0.5) is 5.69 Å². The molecule has 9 heteroatoms. The predicted octanol–water partition coefficient (Wildman–Crippen LogP) is 4.83. The fourth-order valence-electron chi connectivity index (χ4n) is 2.73. The lowest BCUT2D eigenvalue weighted by atomic mass is 10.1. The van der Waals surface area contributed by atoms with Crippen molar-refractivity contribution in [1.29, 1.82) is 0 Å². The number of thioether (sulfide) groups is 1. The van der Waals surface area contributed by atoms with Gasteiger partial charge in [0.15, 0.2) is 0 Å². The average Bonchev–Trinajstić information content (AvgIpc) is 2.99. The highest BCUT2D eigenvalue weighted by Gasteiger charge is 2.16. The van der Waals surface area contributed by atoms with E-state index in [1.165, 1.54) is 23.0 Å². The van der Waals surface area contributed by atoms with Crippen LogP contribution in [0, 0.1) is 13.8 Å². The maximum Gasteiger partial charge on any atom is 0.253 e. The summed E-state index contributed by atoms with van der Waals surface area (Å²) in [6.07, 6.45) is 2.34. The van der Waals surface area contributed by atoms with E-state index in [2.05, 4.69) is 20.6 Å². The molecule has 0 aliphatic carbocycles. The topological polar surface area (TPSA) is 84.0 Å². The number of amides is 2. The molecule has 0 fully saturated rings. The van der Waals surface area contributed by atoms with E-state index in [9.17, 15) is 9.59 Å². The van der Waals surface area contributed by atoms with Gasteiger partial charge < -0.3 is 10.6 Å². The van der Waals surface area contributed by atoms with E-state index in [0.29, 0.717) is 22.8 Å². The van der Waals surface area contributed by atoms with Crippen molar-refractivity contribution < 1.29 is 9.59 Å². The number of hydrogen-bond acceptors (Lipinski definition) is 6. The van der Waals surface area contributed by atoms with Crippen molar-refractivity contribution in [2.75, 3.05) is 17.6 Å². The van der Waals surface area contributed by atoms with Gasteiger partial charge in [-0.2, -0.15) is 0 Å². The Kier molecular flexibility index (Phi) is 7.10. The number of aromatic nitrogens is 2. The summed E-state index contributed by atoms with van der Waals surface area (Å²) in [7, 11) is 0. The van der Waals surface area contributed by atoms with Gasteiger partial charge in [0.25, 0.3) is 5.91 Å². The summed E-state index contributed by atoms with van der Waals surface area (Å²) in [5, 5.41) is 7.83. The molecule has 0 unspecified atom stereocenters. The maximum atomic E-state index is 12.6. The number of fused-ring (bicyclic) bond motifs is 1. The van der Waals surface area contributed by atoms with Crippen LogP contribution in [0.1, 0.15) is 34.1 Å². The van der Waals surface area contributed by atoms with Crippen LogP contribution >= 0.6 is 34.7 Å². The Morgan fingerprint density at radius 2 is 2.03 bits per heavy atom. The highest BCUT2D eigenvalue weighted by Crippen LogP contribution is 2.34. The van der Waals surface area contributed by atoms with Crippen LogP contribution < -0.4 is 10.6 Å². The van der Waals surface area contributed by atoms with Gasteiger partial charge in [0.2, 0.25) is 5.91 Å². The van der Waals surface area contributed by atoms with Crippen LogP contribution in [-0.2, 0) is 4.79 Å². The van der Waals surface area contributed by atoms with Gasteiger partial charge in [-0.3, -0.25) is 9.59 Å².